The smallest absolute Gasteiger partial charge is 0.124 e. The van der Waals surface area contributed by atoms with Gasteiger partial charge in [0.25, 0.3) is 0 Å². The van der Waals surface area contributed by atoms with Crippen LogP contribution < -0.4 is 4.90 Å². The summed E-state index contributed by atoms with van der Waals surface area (Å²) >= 11 is 0. The van der Waals surface area contributed by atoms with E-state index in [-0.39, 0.29) is 0 Å². The number of fused-ring (bicyclic) bond motifs is 4. The highest BCUT2D eigenvalue weighted by atomic mass is 31.0. The molecule has 0 amide bonds. The minimum Gasteiger partial charge on any atom is -0.488 e. The van der Waals surface area contributed by atoms with Gasteiger partial charge in [-0.2, -0.15) is 0 Å². The Kier molecular flexibility index (Phi) is 2.37. The normalized spacial score (nSPS) is 27.2. The molecule has 0 saturated carbocycles. The zero-order valence-electron chi connectivity index (χ0n) is 10.9. The molecule has 3 aliphatic rings. The van der Waals surface area contributed by atoms with Crippen molar-refractivity contribution in [3.05, 3.63) is 53.3 Å². The molecule has 0 bridgehead atoms. The molecular formula is C16H16NOP. The van der Waals surface area contributed by atoms with E-state index in [2.05, 4.69) is 57.1 Å². The van der Waals surface area contributed by atoms with Crippen molar-refractivity contribution in [1.29, 1.82) is 0 Å². The number of likely N-dealkylation sites (N-methyl/N-ethyl adjacent to an activating group) is 1. The van der Waals surface area contributed by atoms with Gasteiger partial charge in [-0.3, -0.25) is 0 Å². The number of anilines is 1. The molecule has 1 aliphatic carbocycles. The van der Waals surface area contributed by atoms with Gasteiger partial charge in [0.15, 0.2) is 0 Å². The summed E-state index contributed by atoms with van der Waals surface area (Å²) in [5, 5.41) is 1.16. The van der Waals surface area contributed by atoms with Gasteiger partial charge in [-0.25, -0.2) is 0 Å². The quantitative estimate of drug-likeness (QED) is 0.726. The Hall–Kier alpha value is -1.53. The molecule has 2 unspecified atom stereocenters. The summed E-state index contributed by atoms with van der Waals surface area (Å²) in [6.45, 7) is 3.92. The lowest BCUT2D eigenvalue weighted by molar-refractivity contribution is 0.286. The first kappa shape index (κ1) is 11.3. The molecule has 2 nitrogen and oxygen atoms in total. The van der Waals surface area contributed by atoms with Crippen LogP contribution in [-0.2, 0) is 4.74 Å². The molecule has 1 aromatic carbocycles. The van der Waals surface area contributed by atoms with Crippen LogP contribution in [0.3, 0.4) is 0 Å². The number of hydrogen-bond acceptors (Lipinski definition) is 2. The van der Waals surface area contributed by atoms with E-state index < -0.39 is 0 Å². The first-order chi connectivity index (χ1) is 9.29. The maximum Gasteiger partial charge on any atom is 0.124 e. The molecule has 0 N–H and O–H groups in total. The number of para-hydroxylation sites is 1. The Morgan fingerprint density at radius 3 is 3.00 bits per heavy atom. The van der Waals surface area contributed by atoms with Crippen LogP contribution in [0.2, 0.25) is 0 Å². The first-order valence-electron chi connectivity index (χ1n) is 6.79. The Labute approximate surface area is 115 Å². The summed E-state index contributed by atoms with van der Waals surface area (Å²) < 4.78 is 5.75. The minimum absolute atomic E-state index is 0.424. The van der Waals surface area contributed by atoms with E-state index in [0.717, 1.165) is 17.6 Å². The third-order valence-electron chi connectivity index (χ3n) is 4.30. The number of nitrogens with zero attached hydrogens (tertiary/aromatic N) is 1. The summed E-state index contributed by atoms with van der Waals surface area (Å²) in [4.78, 5) is 2.48. The molecule has 3 heteroatoms. The molecular weight excluding hydrogens is 253 g/mol. The van der Waals surface area contributed by atoms with Gasteiger partial charge in [0.05, 0.1) is 6.04 Å². The molecule has 0 radical (unpaired) electrons. The van der Waals surface area contributed by atoms with Gasteiger partial charge in [-0.05, 0) is 30.7 Å². The first-order valence-corrected chi connectivity index (χ1v) is 7.29. The molecule has 4 rings (SSSR count). The standard InChI is InChI=1S/C16H16NOP/c1-2-17-13-6-4-3-5-10(13)11-8-15-12(7-14(11)17)16(19)9-18-15/h3-8,11,14,19H,2,9H2,1H3. The van der Waals surface area contributed by atoms with E-state index in [1.54, 1.807) is 0 Å². The lowest BCUT2D eigenvalue weighted by atomic mass is 9.88. The number of allylic oxidation sites excluding steroid dienone is 1. The average molecular weight is 269 g/mol. The van der Waals surface area contributed by atoms with Crippen LogP contribution in [0.1, 0.15) is 18.4 Å². The van der Waals surface area contributed by atoms with E-state index in [4.69, 9.17) is 4.74 Å². The Morgan fingerprint density at radius 1 is 1.32 bits per heavy atom. The predicted molar refractivity (Wildman–Crippen MR) is 81.4 cm³/mol. The maximum atomic E-state index is 5.75. The van der Waals surface area contributed by atoms with E-state index in [1.165, 1.54) is 16.8 Å². The molecule has 2 aliphatic heterocycles. The zero-order chi connectivity index (χ0) is 13.0. The van der Waals surface area contributed by atoms with Crippen molar-refractivity contribution in [2.45, 2.75) is 18.9 Å². The van der Waals surface area contributed by atoms with E-state index in [0.29, 0.717) is 18.6 Å². The second-order valence-electron chi connectivity index (χ2n) is 5.24. The summed E-state index contributed by atoms with van der Waals surface area (Å²) in [6.07, 6.45) is 4.65. The molecule has 2 heterocycles. The van der Waals surface area contributed by atoms with Crippen LogP contribution >= 0.6 is 8.86 Å². The third-order valence-corrected chi connectivity index (χ3v) is 4.72. The Balaban J connectivity index is 1.87. The Morgan fingerprint density at radius 2 is 2.16 bits per heavy atom. The molecule has 0 spiro atoms. The highest BCUT2D eigenvalue weighted by Crippen LogP contribution is 2.46. The lowest BCUT2D eigenvalue weighted by Crippen LogP contribution is -2.33. The monoisotopic (exact) mass is 269 g/mol. The number of ether oxygens (including phenoxy) is 1. The minimum atomic E-state index is 0.424. The van der Waals surface area contributed by atoms with Crippen LogP contribution in [0.5, 0.6) is 0 Å². The number of hydrogen-bond donors (Lipinski definition) is 0. The van der Waals surface area contributed by atoms with Crippen molar-refractivity contribution in [3.63, 3.8) is 0 Å². The van der Waals surface area contributed by atoms with Crippen molar-refractivity contribution >= 4 is 19.8 Å². The van der Waals surface area contributed by atoms with Crippen LogP contribution in [0.15, 0.2) is 47.7 Å². The molecule has 96 valence electrons. The van der Waals surface area contributed by atoms with Gasteiger partial charge in [0, 0.05) is 29.0 Å². The second kappa shape index (κ2) is 3.98. The predicted octanol–water partition coefficient (Wildman–Crippen LogP) is 3.15. The molecule has 0 aromatic heterocycles. The molecule has 1 saturated heterocycles. The van der Waals surface area contributed by atoms with Gasteiger partial charge in [-0.15, -0.1) is 8.86 Å². The fraction of sp³-hybridized carbons (Fsp3) is 0.312. The van der Waals surface area contributed by atoms with Gasteiger partial charge in [0.1, 0.15) is 12.4 Å². The van der Waals surface area contributed by atoms with E-state index in [1.807, 2.05) is 0 Å². The van der Waals surface area contributed by atoms with Gasteiger partial charge in [0.2, 0.25) is 0 Å². The largest absolute Gasteiger partial charge is 0.488 e. The zero-order valence-corrected chi connectivity index (χ0v) is 11.9. The Bertz CT molecular complexity index is 631. The fourth-order valence-corrected chi connectivity index (χ4v) is 3.72. The molecule has 1 fully saturated rings. The maximum absolute atomic E-state index is 5.75. The second-order valence-corrected chi connectivity index (χ2v) is 5.84. The number of benzene rings is 1. The van der Waals surface area contributed by atoms with Crippen molar-refractivity contribution in [3.8, 4) is 0 Å². The molecule has 19 heavy (non-hydrogen) atoms. The van der Waals surface area contributed by atoms with Crippen molar-refractivity contribution in [2.75, 3.05) is 18.1 Å². The summed E-state index contributed by atoms with van der Waals surface area (Å²) in [5.74, 6) is 1.46. The lowest BCUT2D eigenvalue weighted by Gasteiger charge is -2.28. The van der Waals surface area contributed by atoms with Gasteiger partial charge >= 0.3 is 0 Å². The van der Waals surface area contributed by atoms with Crippen molar-refractivity contribution in [1.82, 2.24) is 0 Å². The average Bonchev–Trinajstić information content (AvgIpc) is 2.95. The molecule has 1 aromatic rings. The van der Waals surface area contributed by atoms with Crippen LogP contribution in [0, 0.1) is 0 Å². The third kappa shape index (κ3) is 1.47. The highest BCUT2D eigenvalue weighted by molar-refractivity contribution is 7.22. The van der Waals surface area contributed by atoms with E-state index >= 15 is 0 Å². The number of rotatable bonds is 1. The SMILES string of the molecule is CCN1c2ccccc2C2C=C3OCC(=P)C3=CC21. The van der Waals surface area contributed by atoms with Crippen LogP contribution in [-0.4, -0.2) is 24.5 Å². The summed E-state index contributed by atoms with van der Waals surface area (Å²) in [6, 6.07) is 9.14. The van der Waals surface area contributed by atoms with Gasteiger partial charge < -0.3 is 9.64 Å². The fourth-order valence-electron chi connectivity index (χ4n) is 3.44. The summed E-state index contributed by atoms with van der Waals surface area (Å²) in [7, 11) is 3.67. The van der Waals surface area contributed by atoms with E-state index in [9.17, 15) is 0 Å². The topological polar surface area (TPSA) is 12.5 Å². The van der Waals surface area contributed by atoms with Crippen LogP contribution in [0.4, 0.5) is 5.69 Å². The summed E-state index contributed by atoms with van der Waals surface area (Å²) in [5.41, 5.74) is 4.02. The highest BCUT2D eigenvalue weighted by Gasteiger charge is 2.40. The van der Waals surface area contributed by atoms with Gasteiger partial charge in [-0.1, -0.05) is 18.2 Å². The van der Waals surface area contributed by atoms with Crippen molar-refractivity contribution in [2.24, 2.45) is 0 Å². The molecule has 2 atom stereocenters. The van der Waals surface area contributed by atoms with Crippen molar-refractivity contribution < 1.29 is 4.74 Å². The van der Waals surface area contributed by atoms with Crippen LogP contribution in [0.25, 0.3) is 0 Å².